The van der Waals surface area contributed by atoms with Gasteiger partial charge in [0.05, 0.1) is 25.5 Å². The van der Waals surface area contributed by atoms with E-state index in [2.05, 4.69) is 10.2 Å². The maximum Gasteiger partial charge on any atom is 0.328 e. The molecule has 0 aliphatic carbocycles. The van der Waals surface area contributed by atoms with Crippen molar-refractivity contribution in [1.29, 1.82) is 0 Å². The average Bonchev–Trinajstić information content (AvgIpc) is 3.24. The van der Waals surface area contributed by atoms with Gasteiger partial charge in [-0.25, -0.2) is 0 Å². The first-order chi connectivity index (χ1) is 11.7. The van der Waals surface area contributed by atoms with Crippen molar-refractivity contribution in [2.75, 3.05) is 6.61 Å². The van der Waals surface area contributed by atoms with Crippen molar-refractivity contribution in [3.05, 3.63) is 60.7 Å². The molecule has 0 saturated carbocycles. The molecule has 0 amide bonds. The van der Waals surface area contributed by atoms with Crippen LogP contribution in [-0.4, -0.2) is 37.2 Å². The van der Waals surface area contributed by atoms with Crippen molar-refractivity contribution in [2.45, 2.75) is 19.7 Å². The molecule has 0 fully saturated rings. The zero-order valence-corrected chi connectivity index (χ0v) is 13.1. The summed E-state index contributed by atoms with van der Waals surface area (Å²) in [5.74, 6) is -0.343. The van der Waals surface area contributed by atoms with Crippen LogP contribution < -0.4 is 0 Å². The predicted octanol–water partition coefficient (Wildman–Crippen LogP) is 1.48. The highest BCUT2D eigenvalue weighted by Crippen LogP contribution is 2.17. The van der Waals surface area contributed by atoms with Crippen LogP contribution in [-0.2, 0) is 29.2 Å². The number of aliphatic hydroxyl groups excluding tert-OH is 1. The Bertz CT molecular complexity index is 795. The van der Waals surface area contributed by atoms with Crippen molar-refractivity contribution in [3.8, 4) is 11.1 Å². The van der Waals surface area contributed by atoms with Crippen molar-refractivity contribution in [2.24, 2.45) is 0 Å². The zero-order chi connectivity index (χ0) is 16.8. The van der Waals surface area contributed by atoms with E-state index in [-0.39, 0.29) is 25.7 Å². The molecule has 3 rings (SSSR count). The molecule has 0 aliphatic heterocycles. The van der Waals surface area contributed by atoms with Gasteiger partial charge in [-0.1, -0.05) is 30.3 Å². The largest absolute Gasteiger partial charge is 0.459 e. The van der Waals surface area contributed by atoms with Crippen molar-refractivity contribution >= 4 is 5.97 Å². The molecule has 24 heavy (non-hydrogen) atoms. The van der Waals surface area contributed by atoms with Gasteiger partial charge in [0.1, 0.15) is 13.2 Å². The summed E-state index contributed by atoms with van der Waals surface area (Å²) in [7, 11) is 0. The fourth-order valence-electron chi connectivity index (χ4n) is 2.25. The number of nitrogens with zero attached hydrogens (tertiary/aromatic N) is 4. The number of hydrogen-bond donors (Lipinski definition) is 1. The van der Waals surface area contributed by atoms with Gasteiger partial charge in [0.25, 0.3) is 0 Å². The lowest BCUT2D eigenvalue weighted by Gasteiger charge is -2.04. The van der Waals surface area contributed by atoms with Gasteiger partial charge in [0.2, 0.25) is 0 Å². The van der Waals surface area contributed by atoms with E-state index in [0.717, 1.165) is 16.7 Å². The highest BCUT2D eigenvalue weighted by atomic mass is 16.5. The highest BCUT2D eigenvalue weighted by Gasteiger charge is 2.09. The molecular formula is C17H18N4O3. The summed E-state index contributed by atoms with van der Waals surface area (Å²) in [6, 6.07) is 9.53. The quantitative estimate of drug-likeness (QED) is 0.665. The van der Waals surface area contributed by atoms with Crippen LogP contribution in [0.5, 0.6) is 0 Å². The van der Waals surface area contributed by atoms with E-state index in [1.165, 1.54) is 4.68 Å². The molecule has 7 nitrogen and oxygen atoms in total. The summed E-state index contributed by atoms with van der Waals surface area (Å²) in [6.45, 7) is 0.785. The van der Waals surface area contributed by atoms with E-state index in [1.807, 2.05) is 36.5 Å². The van der Waals surface area contributed by atoms with Crippen LogP contribution in [0, 0.1) is 0 Å². The Morgan fingerprint density at radius 2 is 1.71 bits per heavy atom. The molecule has 124 valence electrons. The number of carbonyl (C=O) groups is 1. The first-order valence-electron chi connectivity index (χ1n) is 7.60. The standard InChI is InChI=1S/C17H18N4O3/c22-7-6-20-10-15(8-18-20)16-9-19-21(11-16)12-17(23)24-13-14-4-2-1-3-5-14/h1-5,8-11,22H,6-7,12-13H2. The molecule has 1 N–H and O–H groups in total. The fraction of sp³-hybridized carbons (Fsp3) is 0.235. The van der Waals surface area contributed by atoms with Gasteiger partial charge in [-0.3, -0.25) is 14.2 Å². The molecular weight excluding hydrogens is 308 g/mol. The van der Waals surface area contributed by atoms with Crippen molar-refractivity contribution in [1.82, 2.24) is 19.6 Å². The van der Waals surface area contributed by atoms with E-state index >= 15 is 0 Å². The molecule has 0 bridgehead atoms. The summed E-state index contributed by atoms with van der Waals surface area (Å²) >= 11 is 0. The monoisotopic (exact) mass is 326 g/mol. The molecule has 0 unspecified atom stereocenters. The van der Waals surface area contributed by atoms with Crippen LogP contribution in [0.4, 0.5) is 0 Å². The van der Waals surface area contributed by atoms with Crippen LogP contribution in [0.25, 0.3) is 11.1 Å². The molecule has 7 heteroatoms. The average molecular weight is 326 g/mol. The van der Waals surface area contributed by atoms with Crippen LogP contribution >= 0.6 is 0 Å². The SMILES string of the molecule is O=C(Cn1cc(-c2cnn(CCO)c2)cn1)OCc1ccccc1. The number of aliphatic hydroxyl groups is 1. The van der Waals surface area contributed by atoms with E-state index in [1.54, 1.807) is 23.3 Å². The molecule has 0 saturated heterocycles. The second kappa shape index (κ2) is 7.56. The number of ether oxygens (including phenoxy) is 1. The third-order valence-corrected chi connectivity index (χ3v) is 3.46. The van der Waals surface area contributed by atoms with Crippen molar-refractivity contribution < 1.29 is 14.6 Å². The summed E-state index contributed by atoms with van der Waals surface area (Å²) < 4.78 is 8.43. The van der Waals surface area contributed by atoms with Crippen LogP contribution in [0.2, 0.25) is 0 Å². The molecule has 0 radical (unpaired) electrons. The van der Waals surface area contributed by atoms with Gasteiger partial charge in [-0.05, 0) is 5.56 Å². The maximum absolute atomic E-state index is 11.9. The number of rotatable bonds is 7. The minimum Gasteiger partial charge on any atom is -0.459 e. The molecule has 1 aromatic carbocycles. The Morgan fingerprint density at radius 3 is 2.42 bits per heavy atom. The van der Waals surface area contributed by atoms with Gasteiger partial charge in [-0.2, -0.15) is 10.2 Å². The first-order valence-corrected chi connectivity index (χ1v) is 7.60. The van der Waals surface area contributed by atoms with Gasteiger partial charge in [-0.15, -0.1) is 0 Å². The lowest BCUT2D eigenvalue weighted by Crippen LogP contribution is -2.13. The fourth-order valence-corrected chi connectivity index (χ4v) is 2.25. The number of benzene rings is 1. The lowest BCUT2D eigenvalue weighted by molar-refractivity contribution is -0.145. The number of carbonyl (C=O) groups excluding carboxylic acids is 1. The molecule has 0 spiro atoms. The molecule has 0 aliphatic rings. The minimum atomic E-state index is -0.343. The molecule has 2 aromatic heterocycles. The molecule has 0 atom stereocenters. The molecule has 2 heterocycles. The third kappa shape index (κ3) is 4.08. The van der Waals surface area contributed by atoms with E-state index < -0.39 is 0 Å². The summed E-state index contributed by atoms with van der Waals surface area (Å²) in [6.07, 6.45) is 6.96. The topological polar surface area (TPSA) is 82.2 Å². The Hall–Kier alpha value is -2.93. The van der Waals surface area contributed by atoms with Gasteiger partial charge in [0, 0.05) is 23.5 Å². The third-order valence-electron chi connectivity index (χ3n) is 3.46. The number of aromatic nitrogens is 4. The van der Waals surface area contributed by atoms with E-state index in [9.17, 15) is 4.79 Å². The Labute approximate surface area is 139 Å². The number of esters is 1. The Balaban J connectivity index is 1.56. The highest BCUT2D eigenvalue weighted by molar-refractivity contribution is 5.69. The van der Waals surface area contributed by atoms with Crippen LogP contribution in [0.1, 0.15) is 5.56 Å². The van der Waals surface area contributed by atoms with Crippen LogP contribution in [0.15, 0.2) is 55.1 Å². The first kappa shape index (κ1) is 15.9. The Morgan fingerprint density at radius 1 is 1.04 bits per heavy atom. The number of hydrogen-bond acceptors (Lipinski definition) is 5. The zero-order valence-electron chi connectivity index (χ0n) is 13.1. The second-order valence-electron chi connectivity index (χ2n) is 5.29. The van der Waals surface area contributed by atoms with Crippen molar-refractivity contribution in [3.63, 3.8) is 0 Å². The van der Waals surface area contributed by atoms with Gasteiger partial charge >= 0.3 is 5.97 Å². The summed E-state index contributed by atoms with van der Waals surface area (Å²) in [4.78, 5) is 11.9. The summed E-state index contributed by atoms with van der Waals surface area (Å²) in [5, 5.41) is 17.2. The molecule has 3 aromatic rings. The van der Waals surface area contributed by atoms with E-state index in [4.69, 9.17) is 9.84 Å². The van der Waals surface area contributed by atoms with Gasteiger partial charge in [0.15, 0.2) is 0 Å². The lowest BCUT2D eigenvalue weighted by atomic mass is 10.2. The van der Waals surface area contributed by atoms with E-state index in [0.29, 0.717) is 6.54 Å². The second-order valence-corrected chi connectivity index (χ2v) is 5.29. The minimum absolute atomic E-state index is 0.0354. The smallest absolute Gasteiger partial charge is 0.328 e. The predicted molar refractivity (Wildman–Crippen MR) is 86.8 cm³/mol. The Kier molecular flexibility index (Phi) is 5.02. The van der Waals surface area contributed by atoms with Gasteiger partial charge < -0.3 is 9.84 Å². The normalized spacial score (nSPS) is 10.7. The summed E-state index contributed by atoms with van der Waals surface area (Å²) in [5.41, 5.74) is 2.69. The van der Waals surface area contributed by atoms with Crippen LogP contribution in [0.3, 0.4) is 0 Å². The maximum atomic E-state index is 11.9.